The molecule has 1 aliphatic rings. The van der Waals surface area contributed by atoms with E-state index in [0.717, 1.165) is 18.4 Å². The summed E-state index contributed by atoms with van der Waals surface area (Å²) in [6.45, 7) is 1.89. The standard InChI is InChI=1S/C17H18N2O3/c1-11-4-2-5-12(10-11)15(17(21)22)18-16(20)14-6-3-9-19(14)13-7-8-13/h2-6,9-10,13,15H,7-8H2,1H3,(H,18,20)(H,21,22)/t15-/m0/s1. The molecule has 1 aromatic heterocycles. The van der Waals surface area contributed by atoms with Gasteiger partial charge in [-0.25, -0.2) is 4.79 Å². The number of hydrogen-bond donors (Lipinski definition) is 2. The van der Waals surface area contributed by atoms with Gasteiger partial charge in [-0.05, 0) is 37.5 Å². The second-order valence-corrected chi connectivity index (χ2v) is 5.69. The number of carboxylic acid groups (broad SMARTS) is 1. The van der Waals surface area contributed by atoms with Gasteiger partial charge in [0.2, 0.25) is 0 Å². The third-order valence-electron chi connectivity index (χ3n) is 3.85. The maximum absolute atomic E-state index is 12.4. The lowest BCUT2D eigenvalue weighted by molar-refractivity contribution is -0.139. The summed E-state index contributed by atoms with van der Waals surface area (Å²) in [6, 6.07) is 10.0. The number of amides is 1. The fourth-order valence-electron chi connectivity index (χ4n) is 2.60. The minimum atomic E-state index is -1.07. The molecular weight excluding hydrogens is 280 g/mol. The molecule has 1 atom stereocenters. The lowest BCUT2D eigenvalue weighted by atomic mass is 10.0. The first-order valence-corrected chi connectivity index (χ1v) is 7.33. The van der Waals surface area contributed by atoms with E-state index in [1.807, 2.05) is 29.8 Å². The van der Waals surface area contributed by atoms with Crippen LogP contribution in [-0.2, 0) is 4.79 Å². The molecule has 0 aliphatic heterocycles. The van der Waals surface area contributed by atoms with Gasteiger partial charge in [0.25, 0.3) is 5.91 Å². The predicted octanol–water partition coefficient (Wildman–Crippen LogP) is 2.69. The van der Waals surface area contributed by atoms with Crippen LogP contribution in [0.3, 0.4) is 0 Å². The highest BCUT2D eigenvalue weighted by Crippen LogP contribution is 2.36. The number of aliphatic carboxylic acids is 1. The van der Waals surface area contributed by atoms with E-state index in [4.69, 9.17) is 0 Å². The first-order valence-electron chi connectivity index (χ1n) is 7.33. The van der Waals surface area contributed by atoms with Crippen molar-refractivity contribution in [1.29, 1.82) is 0 Å². The van der Waals surface area contributed by atoms with E-state index in [0.29, 0.717) is 17.3 Å². The van der Waals surface area contributed by atoms with Gasteiger partial charge in [0, 0.05) is 12.2 Å². The van der Waals surface area contributed by atoms with Crippen molar-refractivity contribution in [3.63, 3.8) is 0 Å². The Morgan fingerprint density at radius 2 is 2.05 bits per heavy atom. The molecular formula is C17H18N2O3. The van der Waals surface area contributed by atoms with Gasteiger partial charge >= 0.3 is 5.97 Å². The van der Waals surface area contributed by atoms with Crippen LogP contribution in [-0.4, -0.2) is 21.6 Å². The molecule has 2 aromatic rings. The van der Waals surface area contributed by atoms with Gasteiger partial charge in [-0.1, -0.05) is 29.8 Å². The van der Waals surface area contributed by atoms with Crippen LogP contribution in [0.5, 0.6) is 0 Å². The van der Waals surface area contributed by atoms with Gasteiger partial charge in [0.15, 0.2) is 6.04 Å². The number of nitrogens with one attached hydrogen (secondary N) is 1. The summed E-state index contributed by atoms with van der Waals surface area (Å²) in [6.07, 6.45) is 4.00. The Kier molecular flexibility index (Phi) is 3.71. The molecule has 0 saturated heterocycles. The van der Waals surface area contributed by atoms with Crippen LogP contribution in [0.25, 0.3) is 0 Å². The number of carboxylic acids is 1. The molecule has 5 heteroatoms. The summed E-state index contributed by atoms with van der Waals surface area (Å²) in [4.78, 5) is 24.0. The highest BCUT2D eigenvalue weighted by atomic mass is 16.4. The van der Waals surface area contributed by atoms with E-state index in [1.54, 1.807) is 24.3 Å². The van der Waals surface area contributed by atoms with Gasteiger partial charge in [-0.3, -0.25) is 4.79 Å². The number of benzene rings is 1. The largest absolute Gasteiger partial charge is 0.479 e. The summed E-state index contributed by atoms with van der Waals surface area (Å²) in [5, 5.41) is 12.1. The van der Waals surface area contributed by atoms with Crippen molar-refractivity contribution >= 4 is 11.9 Å². The molecule has 3 rings (SSSR count). The Labute approximate surface area is 128 Å². The van der Waals surface area contributed by atoms with Crippen LogP contribution in [0.2, 0.25) is 0 Å². The number of aryl methyl sites for hydroxylation is 1. The molecule has 22 heavy (non-hydrogen) atoms. The molecule has 1 fully saturated rings. The minimum absolute atomic E-state index is 0.356. The molecule has 2 N–H and O–H groups in total. The number of carbonyl (C=O) groups is 2. The second-order valence-electron chi connectivity index (χ2n) is 5.69. The van der Waals surface area contributed by atoms with Crippen LogP contribution < -0.4 is 5.32 Å². The smallest absolute Gasteiger partial charge is 0.330 e. The van der Waals surface area contributed by atoms with Crippen molar-refractivity contribution < 1.29 is 14.7 Å². The molecule has 0 spiro atoms. The molecule has 5 nitrogen and oxygen atoms in total. The summed E-state index contributed by atoms with van der Waals surface area (Å²) >= 11 is 0. The molecule has 0 bridgehead atoms. The van der Waals surface area contributed by atoms with Gasteiger partial charge < -0.3 is 15.0 Å². The van der Waals surface area contributed by atoms with Crippen LogP contribution >= 0.6 is 0 Å². The number of nitrogens with zero attached hydrogens (tertiary/aromatic N) is 1. The fourth-order valence-corrected chi connectivity index (χ4v) is 2.60. The lowest BCUT2D eigenvalue weighted by Crippen LogP contribution is -2.34. The molecule has 1 aromatic carbocycles. The molecule has 0 radical (unpaired) electrons. The van der Waals surface area contributed by atoms with Gasteiger partial charge in [-0.15, -0.1) is 0 Å². The SMILES string of the molecule is Cc1cccc([C@H](NC(=O)c2cccn2C2CC2)C(=O)O)c1. The number of rotatable bonds is 5. The predicted molar refractivity (Wildman–Crippen MR) is 81.7 cm³/mol. The maximum Gasteiger partial charge on any atom is 0.330 e. The van der Waals surface area contributed by atoms with E-state index in [9.17, 15) is 14.7 Å². The third-order valence-corrected chi connectivity index (χ3v) is 3.85. The van der Waals surface area contributed by atoms with Crippen molar-refractivity contribution in [2.24, 2.45) is 0 Å². The quantitative estimate of drug-likeness (QED) is 0.891. The topological polar surface area (TPSA) is 71.3 Å². The second kappa shape index (κ2) is 5.67. The highest BCUT2D eigenvalue weighted by molar-refractivity contribution is 5.95. The Balaban J connectivity index is 1.83. The average molecular weight is 298 g/mol. The first-order chi connectivity index (χ1) is 10.6. The minimum Gasteiger partial charge on any atom is -0.479 e. The number of aromatic nitrogens is 1. The summed E-state index contributed by atoms with van der Waals surface area (Å²) in [7, 11) is 0. The fraction of sp³-hybridized carbons (Fsp3) is 0.294. The Morgan fingerprint density at radius 1 is 1.27 bits per heavy atom. The van der Waals surface area contributed by atoms with Gasteiger partial charge in [0.05, 0.1) is 0 Å². The van der Waals surface area contributed by atoms with Gasteiger partial charge in [0.1, 0.15) is 5.69 Å². The van der Waals surface area contributed by atoms with Gasteiger partial charge in [-0.2, -0.15) is 0 Å². The van der Waals surface area contributed by atoms with E-state index >= 15 is 0 Å². The monoisotopic (exact) mass is 298 g/mol. The molecule has 114 valence electrons. The maximum atomic E-state index is 12.4. The van der Waals surface area contributed by atoms with Crippen LogP contribution in [0.1, 0.15) is 46.5 Å². The van der Waals surface area contributed by atoms with E-state index in [-0.39, 0.29) is 5.91 Å². The summed E-state index contributed by atoms with van der Waals surface area (Å²) in [5.41, 5.74) is 2.05. The molecule has 1 amide bonds. The zero-order chi connectivity index (χ0) is 15.7. The number of carbonyl (C=O) groups excluding carboxylic acids is 1. The first kappa shape index (κ1) is 14.4. The van der Waals surface area contributed by atoms with Crippen molar-refractivity contribution in [2.75, 3.05) is 0 Å². The van der Waals surface area contributed by atoms with E-state index in [1.165, 1.54) is 0 Å². The summed E-state index contributed by atoms with van der Waals surface area (Å²) in [5.74, 6) is -1.42. The summed E-state index contributed by atoms with van der Waals surface area (Å²) < 4.78 is 1.92. The zero-order valence-corrected chi connectivity index (χ0v) is 12.3. The molecule has 1 saturated carbocycles. The van der Waals surface area contributed by atoms with E-state index in [2.05, 4.69) is 5.32 Å². The average Bonchev–Trinajstić information content (AvgIpc) is 3.21. The zero-order valence-electron chi connectivity index (χ0n) is 12.3. The Hall–Kier alpha value is -2.56. The van der Waals surface area contributed by atoms with Crippen molar-refractivity contribution in [3.05, 3.63) is 59.4 Å². The van der Waals surface area contributed by atoms with E-state index < -0.39 is 12.0 Å². The molecule has 1 aliphatic carbocycles. The molecule has 1 heterocycles. The molecule has 0 unspecified atom stereocenters. The Bertz CT molecular complexity index is 716. The third kappa shape index (κ3) is 2.88. The van der Waals surface area contributed by atoms with Crippen LogP contribution in [0.15, 0.2) is 42.6 Å². The van der Waals surface area contributed by atoms with Crippen LogP contribution in [0, 0.1) is 6.92 Å². The van der Waals surface area contributed by atoms with Crippen molar-refractivity contribution in [2.45, 2.75) is 31.8 Å². The lowest BCUT2D eigenvalue weighted by Gasteiger charge is -2.16. The van der Waals surface area contributed by atoms with Crippen molar-refractivity contribution in [1.82, 2.24) is 9.88 Å². The van der Waals surface area contributed by atoms with Crippen molar-refractivity contribution in [3.8, 4) is 0 Å². The Morgan fingerprint density at radius 3 is 2.68 bits per heavy atom. The van der Waals surface area contributed by atoms with Crippen LogP contribution in [0.4, 0.5) is 0 Å². The normalized spacial score (nSPS) is 15.3. The highest BCUT2D eigenvalue weighted by Gasteiger charge is 2.29. The number of hydrogen-bond acceptors (Lipinski definition) is 2.